The number of carbonyl (C=O) groups is 3. The summed E-state index contributed by atoms with van der Waals surface area (Å²) in [5, 5.41) is 2.96. The number of imide groups is 1. The van der Waals surface area contributed by atoms with Gasteiger partial charge in [0.2, 0.25) is 17.7 Å². The van der Waals surface area contributed by atoms with Crippen molar-refractivity contribution >= 4 is 17.7 Å². The molecule has 3 unspecified atom stereocenters. The highest BCUT2D eigenvalue weighted by Gasteiger charge is 2.47. The van der Waals surface area contributed by atoms with Crippen LogP contribution in [0, 0.1) is 11.8 Å². The Morgan fingerprint density at radius 1 is 1.14 bits per heavy atom. The van der Waals surface area contributed by atoms with Gasteiger partial charge in [0, 0.05) is 31.0 Å². The summed E-state index contributed by atoms with van der Waals surface area (Å²) in [6, 6.07) is 7.73. The first-order valence-electron chi connectivity index (χ1n) is 10.3. The van der Waals surface area contributed by atoms with Crippen molar-refractivity contribution in [3.8, 4) is 5.69 Å². The number of benzene rings is 1. The topological polar surface area (TPSA) is 84.3 Å². The van der Waals surface area contributed by atoms with Crippen LogP contribution in [-0.2, 0) is 14.4 Å². The van der Waals surface area contributed by atoms with Crippen LogP contribution in [0.4, 0.5) is 0 Å². The first-order chi connectivity index (χ1) is 14.0. The van der Waals surface area contributed by atoms with Crippen molar-refractivity contribution in [2.24, 2.45) is 11.8 Å². The minimum absolute atomic E-state index is 0.0874. The van der Waals surface area contributed by atoms with Gasteiger partial charge >= 0.3 is 0 Å². The predicted molar refractivity (Wildman–Crippen MR) is 107 cm³/mol. The van der Waals surface area contributed by atoms with Crippen molar-refractivity contribution in [3.63, 3.8) is 0 Å². The van der Waals surface area contributed by atoms with Gasteiger partial charge in [-0.1, -0.05) is 25.0 Å². The maximum atomic E-state index is 12.5. The monoisotopic (exact) mass is 394 g/mol. The second-order valence-corrected chi connectivity index (χ2v) is 7.93. The van der Waals surface area contributed by atoms with Gasteiger partial charge in [-0.15, -0.1) is 0 Å². The Balaban J connectivity index is 1.30. The normalized spacial score (nSPS) is 22.4. The zero-order valence-electron chi connectivity index (χ0n) is 16.6. The Kier molecular flexibility index (Phi) is 5.47. The van der Waals surface area contributed by atoms with Crippen LogP contribution in [0.1, 0.15) is 50.6 Å². The quantitative estimate of drug-likeness (QED) is 0.764. The van der Waals surface area contributed by atoms with E-state index < -0.39 is 0 Å². The van der Waals surface area contributed by atoms with E-state index in [0.29, 0.717) is 0 Å². The molecule has 7 nitrogen and oxygen atoms in total. The van der Waals surface area contributed by atoms with Gasteiger partial charge in [0.25, 0.3) is 0 Å². The number of imidazole rings is 1. The number of hydrogen-bond acceptors (Lipinski definition) is 4. The lowest BCUT2D eigenvalue weighted by Crippen LogP contribution is -2.36. The maximum absolute atomic E-state index is 12.5. The molecule has 0 spiro atoms. The van der Waals surface area contributed by atoms with E-state index in [4.69, 9.17) is 0 Å². The van der Waals surface area contributed by atoms with Gasteiger partial charge in [0.15, 0.2) is 0 Å². The van der Waals surface area contributed by atoms with Crippen LogP contribution in [0.5, 0.6) is 0 Å². The number of nitrogens with one attached hydrogen (secondary N) is 1. The van der Waals surface area contributed by atoms with Crippen LogP contribution in [0.2, 0.25) is 0 Å². The SMILES string of the molecule is CC(NC(=O)CCN1C(=O)C2CCCCC2C1=O)c1ccc(-n2ccnc2)cc1. The van der Waals surface area contributed by atoms with Crippen molar-refractivity contribution in [3.05, 3.63) is 48.5 Å². The van der Waals surface area contributed by atoms with Crippen molar-refractivity contribution in [1.82, 2.24) is 19.8 Å². The summed E-state index contributed by atoms with van der Waals surface area (Å²) < 4.78 is 1.91. The lowest BCUT2D eigenvalue weighted by molar-refractivity contribution is -0.140. The molecular formula is C22H26N4O3. The van der Waals surface area contributed by atoms with E-state index >= 15 is 0 Å². The standard InChI is InChI=1S/C22H26N4O3/c1-15(16-6-8-17(9-7-16)25-13-11-23-14-25)24-20(27)10-12-26-21(28)18-4-2-3-5-19(18)22(26)29/h6-9,11,13-15,18-19H,2-5,10,12H2,1H3,(H,24,27). The molecule has 2 aliphatic rings. The number of carbonyl (C=O) groups excluding carboxylic acids is 3. The van der Waals surface area contributed by atoms with Crippen LogP contribution in [0.25, 0.3) is 5.69 Å². The largest absolute Gasteiger partial charge is 0.350 e. The van der Waals surface area contributed by atoms with Crippen LogP contribution >= 0.6 is 0 Å². The van der Waals surface area contributed by atoms with Crippen LogP contribution in [0.3, 0.4) is 0 Å². The van der Waals surface area contributed by atoms with Gasteiger partial charge < -0.3 is 9.88 Å². The van der Waals surface area contributed by atoms with E-state index in [1.54, 1.807) is 12.5 Å². The Morgan fingerprint density at radius 3 is 2.38 bits per heavy atom. The third-order valence-electron chi connectivity index (χ3n) is 6.07. The molecule has 1 aromatic heterocycles. The minimum Gasteiger partial charge on any atom is -0.350 e. The van der Waals surface area contributed by atoms with Crippen molar-refractivity contribution in [2.45, 2.75) is 45.1 Å². The average molecular weight is 394 g/mol. The van der Waals surface area contributed by atoms with Gasteiger partial charge in [-0.05, 0) is 37.5 Å². The predicted octanol–water partition coefficient (Wildman–Crippen LogP) is 2.61. The molecule has 2 heterocycles. The van der Waals surface area contributed by atoms with Crippen LogP contribution in [-0.4, -0.2) is 38.7 Å². The highest BCUT2D eigenvalue weighted by atomic mass is 16.2. The lowest BCUT2D eigenvalue weighted by Gasteiger charge is -2.19. The smallest absolute Gasteiger partial charge is 0.233 e. The number of amides is 3. The Bertz CT molecular complexity index is 867. The number of rotatable bonds is 6. The molecule has 0 radical (unpaired) electrons. The Hall–Kier alpha value is -2.96. The molecule has 2 fully saturated rings. The molecule has 1 aliphatic carbocycles. The number of fused-ring (bicyclic) bond motifs is 1. The second kappa shape index (κ2) is 8.19. The third-order valence-corrected chi connectivity index (χ3v) is 6.07. The van der Waals surface area contributed by atoms with E-state index in [1.807, 2.05) is 42.0 Å². The lowest BCUT2D eigenvalue weighted by atomic mass is 9.81. The fourth-order valence-electron chi connectivity index (χ4n) is 4.41. The van der Waals surface area contributed by atoms with Crippen molar-refractivity contribution in [1.29, 1.82) is 0 Å². The first kappa shape index (κ1) is 19.4. The first-order valence-corrected chi connectivity index (χ1v) is 10.3. The maximum Gasteiger partial charge on any atom is 0.233 e. The molecule has 2 aromatic rings. The highest BCUT2D eigenvalue weighted by molar-refractivity contribution is 6.05. The summed E-state index contributed by atoms with van der Waals surface area (Å²) in [7, 11) is 0. The molecule has 3 atom stereocenters. The summed E-state index contributed by atoms with van der Waals surface area (Å²) in [6.07, 6.45) is 9.07. The van der Waals surface area contributed by atoms with Gasteiger partial charge in [0.1, 0.15) is 0 Å². The van der Waals surface area contributed by atoms with Gasteiger partial charge in [-0.2, -0.15) is 0 Å². The van der Waals surface area contributed by atoms with E-state index in [2.05, 4.69) is 10.3 Å². The average Bonchev–Trinajstić information content (AvgIpc) is 3.35. The number of likely N-dealkylation sites (tertiary alicyclic amines) is 1. The number of nitrogens with zero attached hydrogens (tertiary/aromatic N) is 3. The fourth-order valence-corrected chi connectivity index (χ4v) is 4.41. The van der Waals surface area contributed by atoms with E-state index in [0.717, 1.165) is 36.9 Å². The summed E-state index contributed by atoms with van der Waals surface area (Å²) in [5.41, 5.74) is 1.99. The Morgan fingerprint density at radius 2 is 1.79 bits per heavy atom. The van der Waals surface area contributed by atoms with Crippen molar-refractivity contribution in [2.75, 3.05) is 6.54 Å². The molecular weight excluding hydrogens is 368 g/mol. The zero-order valence-corrected chi connectivity index (χ0v) is 16.6. The molecule has 1 aliphatic heterocycles. The van der Waals surface area contributed by atoms with Gasteiger partial charge in [-0.3, -0.25) is 19.3 Å². The highest BCUT2D eigenvalue weighted by Crippen LogP contribution is 2.37. The summed E-state index contributed by atoms with van der Waals surface area (Å²) in [5.74, 6) is -0.655. The molecule has 3 amide bonds. The molecule has 1 N–H and O–H groups in total. The molecule has 1 aromatic carbocycles. The fraction of sp³-hybridized carbons (Fsp3) is 0.455. The molecule has 4 rings (SSSR count). The summed E-state index contributed by atoms with van der Waals surface area (Å²) in [6.45, 7) is 2.09. The molecule has 152 valence electrons. The van der Waals surface area contributed by atoms with E-state index in [9.17, 15) is 14.4 Å². The van der Waals surface area contributed by atoms with Crippen molar-refractivity contribution < 1.29 is 14.4 Å². The molecule has 7 heteroatoms. The summed E-state index contributed by atoms with van der Waals surface area (Å²) >= 11 is 0. The van der Waals surface area contributed by atoms with Crippen LogP contribution in [0.15, 0.2) is 43.0 Å². The molecule has 1 saturated carbocycles. The van der Waals surface area contributed by atoms with Crippen LogP contribution < -0.4 is 5.32 Å². The number of hydrogen-bond donors (Lipinski definition) is 1. The van der Waals surface area contributed by atoms with Gasteiger partial charge in [-0.25, -0.2) is 4.98 Å². The summed E-state index contributed by atoms with van der Waals surface area (Å²) in [4.78, 5) is 42.7. The Labute approximate surface area is 170 Å². The molecule has 1 saturated heterocycles. The number of aromatic nitrogens is 2. The second-order valence-electron chi connectivity index (χ2n) is 7.93. The molecule has 0 bridgehead atoms. The zero-order chi connectivity index (χ0) is 20.4. The minimum atomic E-state index is -0.161. The molecule has 29 heavy (non-hydrogen) atoms. The van der Waals surface area contributed by atoms with E-state index in [-0.39, 0.29) is 48.6 Å². The van der Waals surface area contributed by atoms with Gasteiger partial charge in [0.05, 0.1) is 24.2 Å². The van der Waals surface area contributed by atoms with E-state index in [1.165, 1.54) is 4.90 Å². The third kappa shape index (κ3) is 3.95.